The van der Waals surface area contributed by atoms with Crippen molar-refractivity contribution in [1.82, 2.24) is 15.2 Å². The van der Waals surface area contributed by atoms with E-state index in [0.717, 1.165) is 47.7 Å². The maximum atomic E-state index is 13.2. The molecule has 5 heteroatoms. The van der Waals surface area contributed by atoms with Gasteiger partial charge in [-0.25, -0.2) is 0 Å². The minimum absolute atomic E-state index is 0.000387. The summed E-state index contributed by atoms with van der Waals surface area (Å²) in [6.07, 6.45) is 1.71. The Morgan fingerprint density at radius 2 is 1.84 bits per heavy atom. The number of rotatable bonds is 7. The van der Waals surface area contributed by atoms with E-state index in [1.165, 1.54) is 0 Å². The Labute approximate surface area is 184 Å². The van der Waals surface area contributed by atoms with Gasteiger partial charge in [-0.3, -0.25) is 14.7 Å². The average molecular weight is 416 g/mol. The van der Waals surface area contributed by atoms with Crippen LogP contribution in [-0.2, 0) is 23.5 Å². The summed E-state index contributed by atoms with van der Waals surface area (Å²) in [6, 6.07) is 24.2. The Balaban J connectivity index is 1.56. The molecule has 1 aliphatic rings. The highest BCUT2D eigenvalue weighted by atomic mass is 16.5. The monoisotopic (exact) mass is 415 g/mol. The molecule has 0 aliphatic carbocycles. The largest absolute Gasteiger partial charge is 0.489 e. The van der Waals surface area contributed by atoms with E-state index in [4.69, 9.17) is 9.72 Å². The van der Waals surface area contributed by atoms with Gasteiger partial charge in [-0.2, -0.15) is 0 Å². The molecule has 1 fully saturated rings. The maximum absolute atomic E-state index is 13.2. The predicted molar refractivity (Wildman–Crippen MR) is 122 cm³/mol. The molecule has 31 heavy (non-hydrogen) atoms. The van der Waals surface area contributed by atoms with Crippen molar-refractivity contribution >= 4 is 5.91 Å². The second kappa shape index (κ2) is 9.31. The number of hydrogen-bond acceptors (Lipinski definition) is 4. The van der Waals surface area contributed by atoms with Gasteiger partial charge in [-0.1, -0.05) is 48.5 Å². The van der Waals surface area contributed by atoms with Crippen molar-refractivity contribution in [3.8, 4) is 5.75 Å². The van der Waals surface area contributed by atoms with Crippen LogP contribution in [0.2, 0.25) is 0 Å². The summed E-state index contributed by atoms with van der Waals surface area (Å²) in [7, 11) is 1.70. The normalized spacial score (nSPS) is 18.6. The summed E-state index contributed by atoms with van der Waals surface area (Å²) in [5.74, 6) is 0.833. The smallest absolute Gasteiger partial charge is 0.246 e. The van der Waals surface area contributed by atoms with Gasteiger partial charge in [0.05, 0.1) is 5.69 Å². The van der Waals surface area contributed by atoms with Gasteiger partial charge in [0.2, 0.25) is 5.91 Å². The molecule has 1 N–H and O–H groups in total. The Hall–Kier alpha value is -3.18. The maximum Gasteiger partial charge on any atom is 0.246 e. The molecule has 160 valence electrons. The number of likely N-dealkylation sites (N-methyl/N-ethyl adjacent to an activating group) is 1. The third-order valence-electron chi connectivity index (χ3n) is 5.94. The molecule has 1 amide bonds. The fourth-order valence-electron chi connectivity index (χ4n) is 4.43. The second-order valence-electron chi connectivity index (χ2n) is 8.05. The van der Waals surface area contributed by atoms with Crippen LogP contribution in [0.3, 0.4) is 0 Å². The zero-order valence-corrected chi connectivity index (χ0v) is 18.2. The molecule has 1 aromatic heterocycles. The van der Waals surface area contributed by atoms with Crippen molar-refractivity contribution in [2.24, 2.45) is 0 Å². The molecule has 0 bridgehead atoms. The van der Waals surface area contributed by atoms with E-state index in [2.05, 4.69) is 34.5 Å². The first-order valence-corrected chi connectivity index (χ1v) is 10.8. The second-order valence-corrected chi connectivity index (χ2v) is 8.05. The molecule has 5 nitrogen and oxygen atoms in total. The van der Waals surface area contributed by atoms with E-state index in [9.17, 15) is 4.79 Å². The van der Waals surface area contributed by atoms with E-state index in [1.54, 1.807) is 7.05 Å². The average Bonchev–Trinajstić information content (AvgIpc) is 3.22. The number of hydrogen-bond donors (Lipinski definition) is 1. The Kier molecular flexibility index (Phi) is 6.33. The zero-order chi connectivity index (χ0) is 21.7. The van der Waals surface area contributed by atoms with Crippen LogP contribution in [-0.4, -0.2) is 29.4 Å². The molecule has 3 aromatic rings. The van der Waals surface area contributed by atoms with Crippen LogP contribution in [0.5, 0.6) is 5.75 Å². The summed E-state index contributed by atoms with van der Waals surface area (Å²) < 4.78 is 6.01. The van der Waals surface area contributed by atoms with Crippen LogP contribution >= 0.6 is 0 Å². The number of carbonyl (C=O) groups is 1. The van der Waals surface area contributed by atoms with Crippen molar-refractivity contribution in [3.63, 3.8) is 0 Å². The minimum atomic E-state index is -0.748. The number of aromatic nitrogens is 1. The van der Waals surface area contributed by atoms with Crippen molar-refractivity contribution < 1.29 is 9.53 Å². The molecule has 1 atom stereocenters. The van der Waals surface area contributed by atoms with E-state index in [1.807, 2.05) is 55.5 Å². The molecule has 2 aromatic carbocycles. The molecular weight excluding hydrogens is 386 g/mol. The van der Waals surface area contributed by atoms with Crippen LogP contribution in [0.1, 0.15) is 35.4 Å². The molecule has 0 unspecified atom stereocenters. The number of nitrogens with zero attached hydrogens (tertiary/aromatic N) is 2. The van der Waals surface area contributed by atoms with Crippen LogP contribution in [0.15, 0.2) is 72.8 Å². The van der Waals surface area contributed by atoms with Gasteiger partial charge in [-0.15, -0.1) is 0 Å². The van der Waals surface area contributed by atoms with Crippen LogP contribution in [0.25, 0.3) is 0 Å². The molecular formula is C26H29N3O2. The van der Waals surface area contributed by atoms with Crippen molar-refractivity contribution in [3.05, 3.63) is 95.3 Å². The lowest BCUT2D eigenvalue weighted by Gasteiger charge is -2.36. The van der Waals surface area contributed by atoms with E-state index in [-0.39, 0.29) is 5.91 Å². The number of benzene rings is 2. The molecule has 0 saturated carbocycles. The van der Waals surface area contributed by atoms with Gasteiger partial charge in [-0.05, 0) is 61.7 Å². The van der Waals surface area contributed by atoms with Crippen molar-refractivity contribution in [2.45, 2.75) is 38.5 Å². The van der Waals surface area contributed by atoms with E-state index >= 15 is 0 Å². The Morgan fingerprint density at radius 1 is 1.06 bits per heavy atom. The molecule has 1 aliphatic heterocycles. The molecule has 1 saturated heterocycles. The summed E-state index contributed by atoms with van der Waals surface area (Å²) in [6.45, 7) is 4.00. The fourth-order valence-corrected chi connectivity index (χ4v) is 4.43. The standard InChI is InChI=1S/C26H29N3O2/c1-20-9-6-14-24(28-20)26(25(30)27-2)15-8-16-29(26)18-22-12-7-13-23(17-22)31-19-21-10-4-3-5-11-21/h3-7,9-14,17H,8,15-16,18-19H2,1-2H3,(H,27,30)/t26-/m0/s1. The summed E-state index contributed by atoms with van der Waals surface area (Å²) >= 11 is 0. The van der Waals surface area contributed by atoms with E-state index < -0.39 is 5.54 Å². The number of pyridine rings is 1. The Bertz CT molecular complexity index is 1040. The first-order chi connectivity index (χ1) is 15.1. The summed E-state index contributed by atoms with van der Waals surface area (Å²) in [5, 5.41) is 2.89. The van der Waals surface area contributed by atoms with Crippen LogP contribution < -0.4 is 10.1 Å². The number of aryl methyl sites for hydroxylation is 1. The molecule has 0 spiro atoms. The Morgan fingerprint density at radius 3 is 2.61 bits per heavy atom. The van der Waals surface area contributed by atoms with Gasteiger partial charge >= 0.3 is 0 Å². The van der Waals surface area contributed by atoms with Gasteiger partial charge in [0.1, 0.15) is 17.9 Å². The van der Waals surface area contributed by atoms with Crippen molar-refractivity contribution in [2.75, 3.05) is 13.6 Å². The van der Waals surface area contributed by atoms with Gasteiger partial charge in [0.25, 0.3) is 0 Å². The summed E-state index contributed by atoms with van der Waals surface area (Å²) in [4.78, 5) is 20.2. The van der Waals surface area contributed by atoms with Crippen LogP contribution in [0, 0.1) is 6.92 Å². The number of ether oxygens (including phenoxy) is 1. The summed E-state index contributed by atoms with van der Waals surface area (Å²) in [5.41, 5.74) is 3.25. The predicted octanol–water partition coefficient (Wildman–Crippen LogP) is 4.21. The zero-order valence-electron chi connectivity index (χ0n) is 18.2. The lowest BCUT2D eigenvalue weighted by atomic mass is 9.89. The van der Waals surface area contributed by atoms with Crippen molar-refractivity contribution in [1.29, 1.82) is 0 Å². The molecule has 4 rings (SSSR count). The number of likely N-dealkylation sites (tertiary alicyclic amines) is 1. The minimum Gasteiger partial charge on any atom is -0.489 e. The first-order valence-electron chi connectivity index (χ1n) is 10.8. The highest BCUT2D eigenvalue weighted by Crippen LogP contribution is 2.39. The lowest BCUT2D eigenvalue weighted by Crippen LogP contribution is -2.52. The van der Waals surface area contributed by atoms with E-state index in [0.29, 0.717) is 13.2 Å². The quantitative estimate of drug-likeness (QED) is 0.628. The third kappa shape index (κ3) is 4.47. The first kappa shape index (κ1) is 21.1. The van der Waals surface area contributed by atoms with Crippen LogP contribution in [0.4, 0.5) is 0 Å². The number of nitrogens with one attached hydrogen (secondary N) is 1. The molecule has 2 heterocycles. The fraction of sp³-hybridized carbons (Fsp3) is 0.308. The highest BCUT2D eigenvalue weighted by molar-refractivity contribution is 5.87. The molecule has 0 radical (unpaired) electrons. The topological polar surface area (TPSA) is 54.5 Å². The van der Waals surface area contributed by atoms with Gasteiger partial charge in [0.15, 0.2) is 0 Å². The highest BCUT2D eigenvalue weighted by Gasteiger charge is 2.49. The van der Waals surface area contributed by atoms with Gasteiger partial charge < -0.3 is 10.1 Å². The lowest BCUT2D eigenvalue weighted by molar-refractivity contribution is -0.132. The number of amides is 1. The third-order valence-corrected chi connectivity index (χ3v) is 5.94. The SMILES string of the molecule is CNC(=O)[C@@]1(c2cccc(C)n2)CCCN1Cc1cccc(OCc2ccccc2)c1. The number of carbonyl (C=O) groups excluding carboxylic acids is 1. The van der Waals surface area contributed by atoms with Gasteiger partial charge in [0, 0.05) is 19.3 Å².